The van der Waals surface area contributed by atoms with Crippen LogP contribution in [0.5, 0.6) is 0 Å². The molecule has 0 N–H and O–H groups in total. The summed E-state index contributed by atoms with van der Waals surface area (Å²) in [6.07, 6.45) is 4.49. The van der Waals surface area contributed by atoms with Crippen molar-refractivity contribution in [2.24, 2.45) is 7.05 Å². The molecule has 0 bridgehead atoms. The summed E-state index contributed by atoms with van der Waals surface area (Å²) in [6.45, 7) is 0. The number of benzene rings is 2. The molecule has 0 spiro atoms. The maximum absolute atomic E-state index is 8.49. The molecule has 9 heteroatoms. The van der Waals surface area contributed by atoms with E-state index in [4.69, 9.17) is 23.4 Å². The molecule has 2 aromatic carbocycles. The number of ether oxygens (including phenoxy) is 1. The predicted octanol–water partition coefficient (Wildman–Crippen LogP) is -1.66. The molecular formula is C19H16ClNO5SSe. The van der Waals surface area contributed by atoms with Gasteiger partial charge in [-0.2, -0.15) is 0 Å². The van der Waals surface area contributed by atoms with Crippen LogP contribution in [0.1, 0.15) is 10.6 Å². The number of rotatable bonds is 2. The van der Waals surface area contributed by atoms with E-state index in [0.717, 1.165) is 5.76 Å². The number of nitrogens with zero attached hydrogens (tertiary/aromatic N) is 1. The Hall–Kier alpha value is -1.74. The molecular weight excluding hydrogens is 469 g/mol. The Morgan fingerprint density at radius 1 is 1.04 bits per heavy atom. The third-order valence-electron chi connectivity index (χ3n) is 3.91. The number of aromatic nitrogens is 1. The van der Waals surface area contributed by atoms with Gasteiger partial charge in [0.1, 0.15) is 0 Å². The van der Waals surface area contributed by atoms with Crippen molar-refractivity contribution in [3.8, 4) is 0 Å². The first-order chi connectivity index (χ1) is 13.3. The number of fused-ring (bicyclic) bond motifs is 2. The average molecular weight is 485 g/mol. The van der Waals surface area contributed by atoms with E-state index in [9.17, 15) is 0 Å². The fourth-order valence-electron chi connectivity index (χ4n) is 2.73. The molecule has 0 radical (unpaired) electrons. The second-order valence-corrected chi connectivity index (χ2v) is 9.86. The minimum absolute atomic E-state index is 0.307. The molecule has 6 nitrogen and oxygen atoms in total. The molecule has 1 aliphatic rings. The fraction of sp³-hybridized carbons (Fsp3) is 0.105. The Balaban J connectivity index is 0.000000403. The summed E-state index contributed by atoms with van der Waals surface area (Å²) in [5.41, 5.74) is 2.51. The zero-order chi connectivity index (χ0) is 20.3. The Morgan fingerprint density at radius 3 is 2.36 bits per heavy atom. The molecule has 0 fully saturated rings. The van der Waals surface area contributed by atoms with Crippen molar-refractivity contribution in [1.82, 2.24) is 0 Å². The second-order valence-electron chi connectivity index (χ2n) is 5.70. The van der Waals surface area contributed by atoms with E-state index < -0.39 is 10.2 Å². The predicted molar refractivity (Wildman–Crippen MR) is 97.8 cm³/mol. The maximum atomic E-state index is 8.49. The largest absolute Gasteiger partial charge is 0.222 e. The fourth-order valence-corrected chi connectivity index (χ4v) is 6.13. The molecule has 0 amide bonds. The van der Waals surface area contributed by atoms with E-state index in [0.29, 0.717) is 15.0 Å². The van der Waals surface area contributed by atoms with Crippen molar-refractivity contribution in [2.45, 2.75) is 0 Å². The van der Waals surface area contributed by atoms with E-state index in [1.54, 1.807) is 7.11 Å². The summed E-state index contributed by atoms with van der Waals surface area (Å²) in [5.74, 6) is 0.962. The van der Waals surface area contributed by atoms with Crippen LogP contribution in [0, 0.1) is 10.2 Å². The van der Waals surface area contributed by atoms with Crippen molar-refractivity contribution in [1.29, 1.82) is 0 Å². The smallest absolute Gasteiger partial charge is 0.112 e. The molecule has 0 saturated carbocycles. The number of allylic oxidation sites excluding steroid dienone is 2. The van der Waals surface area contributed by atoms with Crippen LogP contribution in [0.2, 0.25) is 0 Å². The van der Waals surface area contributed by atoms with Crippen molar-refractivity contribution in [2.75, 3.05) is 7.11 Å². The van der Waals surface area contributed by atoms with Crippen LogP contribution in [0.4, 0.5) is 0 Å². The van der Waals surface area contributed by atoms with E-state index in [-0.39, 0.29) is 0 Å². The SMILES string of the molecule is COC1=C/C(=C\c2sc3ccccc3[n+]2C)[Se]c2ccccc21.[O-][Cl+3]([O-])([O-])[O-]. The Bertz CT molecular complexity index is 1050. The maximum Gasteiger partial charge on any atom is -0.112 e. The quantitative estimate of drug-likeness (QED) is 0.320. The Morgan fingerprint density at radius 2 is 1.68 bits per heavy atom. The van der Waals surface area contributed by atoms with Gasteiger partial charge in [0.2, 0.25) is 0 Å². The van der Waals surface area contributed by atoms with Crippen LogP contribution in [-0.4, -0.2) is 22.1 Å². The number of aryl methyl sites for hydroxylation is 1. The molecule has 1 aromatic heterocycles. The van der Waals surface area contributed by atoms with Crippen LogP contribution >= 0.6 is 11.3 Å². The van der Waals surface area contributed by atoms with Crippen molar-refractivity contribution in [3.63, 3.8) is 0 Å². The molecule has 146 valence electrons. The summed E-state index contributed by atoms with van der Waals surface area (Å²) in [7, 11) is -1.06. The average Bonchev–Trinajstić information content (AvgIpc) is 2.95. The van der Waals surface area contributed by atoms with Crippen LogP contribution in [0.15, 0.2) is 59.1 Å². The van der Waals surface area contributed by atoms with Gasteiger partial charge in [0.25, 0.3) is 0 Å². The van der Waals surface area contributed by atoms with Crippen LogP contribution in [0.25, 0.3) is 22.1 Å². The van der Waals surface area contributed by atoms with Gasteiger partial charge in [-0.15, -0.1) is 10.2 Å². The number of para-hydroxylation sites is 1. The van der Waals surface area contributed by atoms with Gasteiger partial charge in [-0.05, 0) is 0 Å². The summed E-state index contributed by atoms with van der Waals surface area (Å²) < 4.78 is 45.9. The third kappa shape index (κ3) is 5.20. The first-order valence-electron chi connectivity index (χ1n) is 8.00. The van der Waals surface area contributed by atoms with Crippen molar-refractivity contribution < 1.29 is 38.2 Å². The normalized spacial score (nSPS) is 14.9. The van der Waals surface area contributed by atoms with Crippen LogP contribution in [0.3, 0.4) is 0 Å². The van der Waals surface area contributed by atoms with E-state index in [1.165, 1.54) is 29.7 Å². The molecule has 3 aromatic rings. The van der Waals surface area contributed by atoms with Crippen LogP contribution < -0.4 is 27.7 Å². The number of methoxy groups -OCH3 is 1. The summed E-state index contributed by atoms with van der Waals surface area (Å²) >= 11 is 2.14. The molecule has 0 unspecified atom stereocenters. The summed E-state index contributed by atoms with van der Waals surface area (Å²) in [5, 5.41) is 1.27. The monoisotopic (exact) mass is 485 g/mol. The molecule has 4 rings (SSSR count). The van der Waals surface area contributed by atoms with E-state index >= 15 is 0 Å². The van der Waals surface area contributed by atoms with E-state index in [2.05, 4.69) is 72.3 Å². The van der Waals surface area contributed by atoms with Gasteiger partial charge in [0.15, 0.2) is 0 Å². The third-order valence-corrected chi connectivity index (χ3v) is 7.27. The number of halogens is 1. The second kappa shape index (κ2) is 8.73. The minimum atomic E-state index is -4.94. The molecule has 1 aliphatic heterocycles. The Kier molecular flexibility index (Phi) is 6.54. The number of hydrogen-bond donors (Lipinski definition) is 0. The van der Waals surface area contributed by atoms with Crippen molar-refractivity contribution in [3.05, 3.63) is 69.6 Å². The topological polar surface area (TPSA) is 105 Å². The number of hydrogen-bond acceptors (Lipinski definition) is 6. The molecule has 0 saturated heterocycles. The van der Waals surface area contributed by atoms with Crippen molar-refractivity contribution >= 4 is 52.8 Å². The van der Waals surface area contributed by atoms with Gasteiger partial charge in [-0.3, -0.25) is 0 Å². The van der Waals surface area contributed by atoms with Gasteiger partial charge in [0, 0.05) is 0 Å². The number of thiazole rings is 1. The van der Waals surface area contributed by atoms with Gasteiger partial charge in [-0.25, -0.2) is 18.6 Å². The summed E-state index contributed by atoms with van der Waals surface area (Å²) in [6, 6.07) is 17.1. The first kappa shape index (κ1) is 21.0. The zero-order valence-corrected chi connectivity index (χ0v) is 18.2. The first-order valence-corrected chi connectivity index (χ1v) is 11.8. The molecule has 28 heavy (non-hydrogen) atoms. The molecule has 0 atom stereocenters. The van der Waals surface area contributed by atoms with E-state index in [1.807, 2.05) is 11.3 Å². The Labute approximate surface area is 174 Å². The van der Waals surface area contributed by atoms with Gasteiger partial charge < -0.3 is 0 Å². The van der Waals surface area contributed by atoms with Gasteiger partial charge in [0.05, 0.1) is 0 Å². The molecule has 2 heterocycles. The molecule has 0 aliphatic carbocycles. The van der Waals surface area contributed by atoms with Gasteiger partial charge in [-0.1, -0.05) is 0 Å². The summed E-state index contributed by atoms with van der Waals surface area (Å²) in [4.78, 5) is 0. The zero-order valence-electron chi connectivity index (χ0n) is 15.0. The van der Waals surface area contributed by atoms with Gasteiger partial charge >= 0.3 is 146 Å². The minimum Gasteiger partial charge on any atom is -0.222 e. The van der Waals surface area contributed by atoms with Crippen LogP contribution in [-0.2, 0) is 11.8 Å². The standard InChI is InChI=1S/C19H16NOSSe.ClHO4/c1-20-15-8-4-5-9-17(15)22-19(20)12-13-11-16(21-2)14-7-3-6-10-18(14)23-13;2-1(3,4)5/h3-12H,1-2H3;(H,2,3,4,5)/q+1;/p-1/b13-12+;.